The van der Waals surface area contributed by atoms with Crippen LogP contribution in [0.3, 0.4) is 0 Å². The van der Waals surface area contributed by atoms with Gasteiger partial charge in [0, 0.05) is 17.1 Å². The lowest BCUT2D eigenvalue weighted by molar-refractivity contribution is 0.182. The summed E-state index contributed by atoms with van der Waals surface area (Å²) in [7, 11) is 0. The van der Waals surface area contributed by atoms with Crippen LogP contribution in [0.1, 0.15) is 17.5 Å². The minimum atomic E-state index is 0.103. The molecular weight excluding hydrogens is 270 g/mol. The SMILES string of the molecule is Cc1ccccc1-c1cc(Cl)cc2c1O[C@@H](CN)CC2. The molecule has 2 aromatic rings. The van der Waals surface area contributed by atoms with Crippen molar-refractivity contribution in [2.45, 2.75) is 25.9 Å². The summed E-state index contributed by atoms with van der Waals surface area (Å²) in [4.78, 5) is 0. The molecule has 1 aliphatic heterocycles. The van der Waals surface area contributed by atoms with E-state index in [1.807, 2.05) is 24.3 Å². The summed E-state index contributed by atoms with van der Waals surface area (Å²) in [5, 5.41) is 0.761. The topological polar surface area (TPSA) is 35.2 Å². The monoisotopic (exact) mass is 287 g/mol. The van der Waals surface area contributed by atoms with Crippen molar-refractivity contribution in [1.29, 1.82) is 0 Å². The molecule has 3 heteroatoms. The fraction of sp³-hybridized carbons (Fsp3) is 0.294. The predicted molar refractivity (Wildman–Crippen MR) is 83.4 cm³/mol. The van der Waals surface area contributed by atoms with Crippen LogP contribution in [0, 0.1) is 6.92 Å². The quantitative estimate of drug-likeness (QED) is 0.907. The van der Waals surface area contributed by atoms with Crippen molar-refractivity contribution in [3.05, 3.63) is 52.5 Å². The number of nitrogens with two attached hydrogens (primary N) is 1. The Hall–Kier alpha value is -1.51. The zero-order valence-corrected chi connectivity index (χ0v) is 12.3. The van der Waals surface area contributed by atoms with Crippen LogP contribution in [-0.2, 0) is 6.42 Å². The van der Waals surface area contributed by atoms with E-state index < -0.39 is 0 Å². The summed E-state index contributed by atoms with van der Waals surface area (Å²) in [5.74, 6) is 0.949. The predicted octanol–water partition coefficient (Wildman–Crippen LogP) is 3.97. The van der Waals surface area contributed by atoms with E-state index in [0.29, 0.717) is 6.54 Å². The molecule has 1 aliphatic rings. The third kappa shape index (κ3) is 2.41. The fourth-order valence-corrected chi connectivity index (χ4v) is 3.00. The minimum absolute atomic E-state index is 0.103. The molecule has 0 aromatic heterocycles. The largest absolute Gasteiger partial charge is 0.488 e. The highest BCUT2D eigenvalue weighted by molar-refractivity contribution is 6.31. The smallest absolute Gasteiger partial charge is 0.130 e. The average Bonchev–Trinajstić information content (AvgIpc) is 2.46. The molecule has 20 heavy (non-hydrogen) atoms. The van der Waals surface area contributed by atoms with Gasteiger partial charge in [0.15, 0.2) is 0 Å². The van der Waals surface area contributed by atoms with E-state index in [0.717, 1.165) is 29.2 Å². The molecule has 2 aromatic carbocycles. The lowest BCUT2D eigenvalue weighted by atomic mass is 9.93. The van der Waals surface area contributed by atoms with Crippen LogP contribution in [0.15, 0.2) is 36.4 Å². The van der Waals surface area contributed by atoms with Gasteiger partial charge in [-0.3, -0.25) is 0 Å². The van der Waals surface area contributed by atoms with E-state index in [-0.39, 0.29) is 6.10 Å². The Morgan fingerprint density at radius 1 is 1.25 bits per heavy atom. The van der Waals surface area contributed by atoms with E-state index in [2.05, 4.69) is 19.1 Å². The Bertz CT molecular complexity index is 639. The molecule has 0 unspecified atom stereocenters. The summed E-state index contributed by atoms with van der Waals surface area (Å²) < 4.78 is 6.09. The van der Waals surface area contributed by atoms with Crippen molar-refractivity contribution < 1.29 is 4.74 Å². The van der Waals surface area contributed by atoms with Gasteiger partial charge in [0.1, 0.15) is 11.9 Å². The Labute approximate surface area is 124 Å². The van der Waals surface area contributed by atoms with Gasteiger partial charge in [-0.2, -0.15) is 0 Å². The molecule has 104 valence electrons. The molecule has 0 saturated heterocycles. The molecule has 0 fully saturated rings. The maximum Gasteiger partial charge on any atom is 0.130 e. The average molecular weight is 288 g/mol. The normalized spacial score (nSPS) is 17.4. The van der Waals surface area contributed by atoms with Gasteiger partial charge in [0.25, 0.3) is 0 Å². The van der Waals surface area contributed by atoms with Crippen molar-refractivity contribution in [2.24, 2.45) is 5.73 Å². The third-order valence-electron chi connectivity index (χ3n) is 3.85. The van der Waals surface area contributed by atoms with Gasteiger partial charge in [0.05, 0.1) is 0 Å². The number of rotatable bonds is 2. The molecule has 3 rings (SSSR count). The van der Waals surface area contributed by atoms with Crippen molar-refractivity contribution in [3.8, 4) is 16.9 Å². The first-order valence-corrected chi connectivity index (χ1v) is 7.32. The molecule has 0 saturated carbocycles. The lowest BCUT2D eigenvalue weighted by Gasteiger charge is -2.28. The second-order valence-corrected chi connectivity index (χ2v) is 5.71. The molecule has 1 atom stereocenters. The molecule has 0 amide bonds. The molecule has 0 radical (unpaired) electrons. The summed E-state index contributed by atoms with van der Waals surface area (Å²) in [6.45, 7) is 2.65. The molecular formula is C17H18ClNO. The van der Waals surface area contributed by atoms with Gasteiger partial charge in [-0.05, 0) is 48.6 Å². The van der Waals surface area contributed by atoms with Crippen LogP contribution in [0.4, 0.5) is 0 Å². The van der Waals surface area contributed by atoms with Gasteiger partial charge < -0.3 is 10.5 Å². The first-order valence-electron chi connectivity index (χ1n) is 6.94. The van der Waals surface area contributed by atoms with E-state index in [4.69, 9.17) is 22.1 Å². The fourth-order valence-electron chi connectivity index (χ4n) is 2.76. The molecule has 0 spiro atoms. The van der Waals surface area contributed by atoms with Gasteiger partial charge in [-0.1, -0.05) is 35.9 Å². The van der Waals surface area contributed by atoms with Crippen LogP contribution >= 0.6 is 11.6 Å². The summed E-state index contributed by atoms with van der Waals surface area (Å²) in [6.07, 6.45) is 2.03. The number of benzene rings is 2. The van der Waals surface area contributed by atoms with Crippen molar-refractivity contribution in [1.82, 2.24) is 0 Å². The lowest BCUT2D eigenvalue weighted by Crippen LogP contribution is -2.30. The standard InChI is InChI=1S/C17H18ClNO/c1-11-4-2-3-5-15(11)16-9-13(18)8-12-6-7-14(10-19)20-17(12)16/h2-5,8-9,14H,6-7,10,19H2,1H3/t14-/m1/s1. The van der Waals surface area contributed by atoms with E-state index in [9.17, 15) is 0 Å². The number of fused-ring (bicyclic) bond motifs is 1. The first-order chi connectivity index (χ1) is 9.69. The second-order valence-electron chi connectivity index (χ2n) is 5.27. The molecule has 0 bridgehead atoms. The van der Waals surface area contributed by atoms with Crippen molar-refractivity contribution in [3.63, 3.8) is 0 Å². The number of halogens is 1. The minimum Gasteiger partial charge on any atom is -0.488 e. The highest BCUT2D eigenvalue weighted by Crippen LogP contribution is 2.40. The zero-order chi connectivity index (χ0) is 14.1. The highest BCUT2D eigenvalue weighted by Gasteiger charge is 2.23. The molecule has 1 heterocycles. The number of hydrogen-bond donors (Lipinski definition) is 1. The Balaban J connectivity index is 2.16. The Kier molecular flexibility index (Phi) is 3.68. The van der Waals surface area contributed by atoms with Crippen LogP contribution in [0.2, 0.25) is 5.02 Å². The number of hydrogen-bond acceptors (Lipinski definition) is 2. The van der Waals surface area contributed by atoms with Crippen LogP contribution in [0.5, 0.6) is 5.75 Å². The molecule has 2 nitrogen and oxygen atoms in total. The highest BCUT2D eigenvalue weighted by atomic mass is 35.5. The number of aryl methyl sites for hydroxylation is 2. The van der Waals surface area contributed by atoms with Crippen molar-refractivity contribution >= 4 is 11.6 Å². The molecule has 2 N–H and O–H groups in total. The summed E-state index contributed by atoms with van der Waals surface area (Å²) in [6, 6.07) is 12.3. The van der Waals surface area contributed by atoms with Crippen molar-refractivity contribution in [2.75, 3.05) is 6.54 Å². The van der Waals surface area contributed by atoms with E-state index >= 15 is 0 Å². The maximum atomic E-state index is 6.27. The van der Waals surface area contributed by atoms with Crippen LogP contribution in [0.25, 0.3) is 11.1 Å². The Morgan fingerprint density at radius 3 is 2.80 bits per heavy atom. The van der Waals surface area contributed by atoms with Gasteiger partial charge >= 0.3 is 0 Å². The first kappa shape index (κ1) is 13.5. The second kappa shape index (κ2) is 5.47. The van der Waals surface area contributed by atoms with Gasteiger partial charge in [-0.25, -0.2) is 0 Å². The van der Waals surface area contributed by atoms with Gasteiger partial charge in [0.2, 0.25) is 0 Å². The maximum absolute atomic E-state index is 6.27. The zero-order valence-electron chi connectivity index (χ0n) is 11.5. The molecule has 0 aliphatic carbocycles. The summed E-state index contributed by atoms with van der Waals surface area (Å²) in [5.41, 5.74) is 10.4. The third-order valence-corrected chi connectivity index (χ3v) is 4.07. The van der Waals surface area contributed by atoms with Gasteiger partial charge in [-0.15, -0.1) is 0 Å². The summed E-state index contributed by atoms with van der Waals surface area (Å²) >= 11 is 6.27. The number of ether oxygens (including phenoxy) is 1. The Morgan fingerprint density at radius 2 is 2.05 bits per heavy atom. The van der Waals surface area contributed by atoms with Crippen LogP contribution in [-0.4, -0.2) is 12.6 Å². The van der Waals surface area contributed by atoms with E-state index in [1.165, 1.54) is 16.7 Å². The van der Waals surface area contributed by atoms with E-state index in [1.54, 1.807) is 0 Å². The van der Waals surface area contributed by atoms with Crippen LogP contribution < -0.4 is 10.5 Å².